The van der Waals surface area contributed by atoms with Gasteiger partial charge in [0.15, 0.2) is 0 Å². The molecule has 1 amide bonds. The summed E-state index contributed by atoms with van der Waals surface area (Å²) in [6, 6.07) is 3.24. The molecule has 1 N–H and O–H groups in total. The quantitative estimate of drug-likeness (QED) is 0.705. The van der Waals surface area contributed by atoms with Crippen molar-refractivity contribution in [2.45, 2.75) is 58.2 Å². The van der Waals surface area contributed by atoms with E-state index in [1.54, 1.807) is 0 Å². The maximum Gasteiger partial charge on any atom is 0.417 e. The third-order valence-electron chi connectivity index (χ3n) is 3.42. The lowest BCUT2D eigenvalue weighted by Gasteiger charge is -2.20. The summed E-state index contributed by atoms with van der Waals surface area (Å²) >= 11 is 5.83. The molecule has 6 heteroatoms. The van der Waals surface area contributed by atoms with E-state index in [2.05, 4.69) is 5.32 Å². The van der Waals surface area contributed by atoms with E-state index in [-0.39, 0.29) is 11.1 Å². The molecule has 0 saturated heterocycles. The molecule has 0 heterocycles. The van der Waals surface area contributed by atoms with Gasteiger partial charge in [0, 0.05) is 6.04 Å². The van der Waals surface area contributed by atoms with Crippen LogP contribution in [0.3, 0.4) is 0 Å². The van der Waals surface area contributed by atoms with Crippen molar-refractivity contribution in [2.24, 2.45) is 0 Å². The largest absolute Gasteiger partial charge is 0.417 e. The van der Waals surface area contributed by atoms with Gasteiger partial charge in [-0.1, -0.05) is 50.8 Å². The smallest absolute Gasteiger partial charge is 0.349 e. The zero-order chi connectivity index (χ0) is 16.8. The predicted molar refractivity (Wildman–Crippen MR) is 82.1 cm³/mol. The highest BCUT2D eigenvalue weighted by atomic mass is 35.5. The number of unbranched alkanes of at least 4 members (excludes halogenated alkanes) is 1. The summed E-state index contributed by atoms with van der Waals surface area (Å²) in [6.07, 6.45) is -0.389. The Morgan fingerprint density at radius 1 is 1.23 bits per heavy atom. The van der Waals surface area contributed by atoms with Gasteiger partial charge >= 0.3 is 6.18 Å². The van der Waals surface area contributed by atoms with Crippen LogP contribution < -0.4 is 5.32 Å². The first kappa shape index (κ1) is 18.8. The Bertz CT molecular complexity index is 503. The molecular weight excluding hydrogens is 315 g/mol. The molecule has 1 aromatic carbocycles. The highest BCUT2D eigenvalue weighted by molar-refractivity contribution is 6.34. The Balaban J connectivity index is 3.01. The first-order valence-corrected chi connectivity index (χ1v) is 7.85. The molecule has 22 heavy (non-hydrogen) atoms. The molecule has 2 nitrogen and oxygen atoms in total. The van der Waals surface area contributed by atoms with Crippen molar-refractivity contribution >= 4 is 17.5 Å². The summed E-state index contributed by atoms with van der Waals surface area (Å²) in [6.45, 7) is 4.00. The molecule has 0 aliphatic carbocycles. The number of halogens is 4. The fraction of sp³-hybridized carbons (Fsp3) is 0.562. The molecular formula is C16H21ClF3NO. The molecule has 0 spiro atoms. The first-order chi connectivity index (χ1) is 10.3. The van der Waals surface area contributed by atoms with E-state index in [9.17, 15) is 18.0 Å². The van der Waals surface area contributed by atoms with Crippen LogP contribution in [-0.2, 0) is 6.18 Å². The van der Waals surface area contributed by atoms with Crippen LogP contribution in [0.2, 0.25) is 5.02 Å². The molecule has 1 rings (SSSR count). The van der Waals surface area contributed by atoms with E-state index in [0.717, 1.165) is 38.2 Å². The van der Waals surface area contributed by atoms with Gasteiger partial charge in [0.1, 0.15) is 0 Å². The van der Waals surface area contributed by atoms with Crippen molar-refractivity contribution in [3.63, 3.8) is 0 Å². The van der Waals surface area contributed by atoms with Crippen molar-refractivity contribution in [2.75, 3.05) is 0 Å². The van der Waals surface area contributed by atoms with Gasteiger partial charge in [0.05, 0.1) is 16.1 Å². The molecule has 0 bridgehead atoms. The number of hydrogen-bond acceptors (Lipinski definition) is 1. The van der Waals surface area contributed by atoms with Crippen LogP contribution in [0.15, 0.2) is 18.2 Å². The maximum atomic E-state index is 13.0. The Kier molecular flexibility index (Phi) is 7.20. The van der Waals surface area contributed by atoms with Crippen molar-refractivity contribution in [1.29, 1.82) is 0 Å². The summed E-state index contributed by atoms with van der Waals surface area (Å²) in [5.41, 5.74) is -1.49. The number of rotatable bonds is 7. The number of carbonyl (C=O) groups excluding carboxylic acids is 1. The fourth-order valence-electron chi connectivity index (χ4n) is 2.34. The van der Waals surface area contributed by atoms with E-state index in [1.807, 2.05) is 13.8 Å². The van der Waals surface area contributed by atoms with E-state index in [1.165, 1.54) is 12.1 Å². The molecule has 0 aliphatic heterocycles. The van der Waals surface area contributed by atoms with Gasteiger partial charge in [-0.3, -0.25) is 4.79 Å². The molecule has 1 atom stereocenters. The molecule has 0 aliphatic rings. The third-order valence-corrected chi connectivity index (χ3v) is 3.74. The second-order valence-electron chi connectivity index (χ2n) is 5.26. The molecule has 124 valence electrons. The summed E-state index contributed by atoms with van der Waals surface area (Å²) in [5.74, 6) is -0.757. The number of nitrogens with one attached hydrogen (secondary N) is 1. The molecule has 1 aromatic rings. The molecule has 1 unspecified atom stereocenters. The Morgan fingerprint density at radius 2 is 1.91 bits per heavy atom. The topological polar surface area (TPSA) is 29.1 Å². The highest BCUT2D eigenvalue weighted by Gasteiger charge is 2.36. The second-order valence-corrected chi connectivity index (χ2v) is 5.67. The Hall–Kier alpha value is -1.23. The van der Waals surface area contributed by atoms with Gasteiger partial charge in [-0.2, -0.15) is 13.2 Å². The van der Waals surface area contributed by atoms with Gasteiger partial charge in [0.2, 0.25) is 0 Å². The molecule has 0 radical (unpaired) electrons. The van der Waals surface area contributed by atoms with Gasteiger partial charge in [-0.05, 0) is 25.0 Å². The lowest BCUT2D eigenvalue weighted by molar-refractivity contribution is -0.137. The minimum absolute atomic E-state index is 0.130. The first-order valence-electron chi connectivity index (χ1n) is 7.47. The van der Waals surface area contributed by atoms with E-state index >= 15 is 0 Å². The average molecular weight is 336 g/mol. The Labute approximate surface area is 134 Å². The normalized spacial score (nSPS) is 13.0. The number of alkyl halides is 3. The van der Waals surface area contributed by atoms with Crippen LogP contribution in [0, 0.1) is 0 Å². The highest BCUT2D eigenvalue weighted by Crippen LogP contribution is 2.35. The third kappa shape index (κ3) is 5.20. The van der Waals surface area contributed by atoms with Crippen molar-refractivity contribution < 1.29 is 18.0 Å². The zero-order valence-electron chi connectivity index (χ0n) is 12.8. The van der Waals surface area contributed by atoms with E-state index in [0.29, 0.717) is 0 Å². The standard InChI is InChI=1S/C16H21ClF3NO/c1-3-5-8-11(7-4-2)21-15(22)14-12(16(18,19)20)9-6-10-13(14)17/h6,9-11H,3-5,7-8H2,1-2H3,(H,21,22). The summed E-state index contributed by atoms with van der Waals surface area (Å²) in [4.78, 5) is 12.3. The molecule has 0 saturated carbocycles. The van der Waals surface area contributed by atoms with Crippen molar-refractivity contribution in [1.82, 2.24) is 5.32 Å². The lowest BCUT2D eigenvalue weighted by Crippen LogP contribution is -2.36. The van der Waals surface area contributed by atoms with E-state index in [4.69, 9.17) is 11.6 Å². The van der Waals surface area contributed by atoms with Crippen LogP contribution in [-0.4, -0.2) is 11.9 Å². The number of carbonyl (C=O) groups is 1. The predicted octanol–water partition coefficient (Wildman–Crippen LogP) is 5.45. The van der Waals surface area contributed by atoms with Crippen LogP contribution in [0.4, 0.5) is 13.2 Å². The SMILES string of the molecule is CCCCC(CCC)NC(=O)c1c(Cl)cccc1C(F)(F)F. The fourth-order valence-corrected chi connectivity index (χ4v) is 2.60. The van der Waals surface area contributed by atoms with Gasteiger partial charge in [-0.25, -0.2) is 0 Å². The number of benzene rings is 1. The van der Waals surface area contributed by atoms with Gasteiger partial charge in [-0.15, -0.1) is 0 Å². The summed E-state index contributed by atoms with van der Waals surface area (Å²) in [5, 5.41) is 2.52. The zero-order valence-corrected chi connectivity index (χ0v) is 13.5. The van der Waals surface area contributed by atoms with Crippen molar-refractivity contribution in [3.05, 3.63) is 34.3 Å². The monoisotopic (exact) mass is 335 g/mol. The van der Waals surface area contributed by atoms with Crippen LogP contribution in [0.25, 0.3) is 0 Å². The van der Waals surface area contributed by atoms with Gasteiger partial charge < -0.3 is 5.32 Å². The minimum atomic E-state index is -4.61. The van der Waals surface area contributed by atoms with Crippen LogP contribution in [0.5, 0.6) is 0 Å². The van der Waals surface area contributed by atoms with Gasteiger partial charge in [0.25, 0.3) is 5.91 Å². The Morgan fingerprint density at radius 3 is 2.45 bits per heavy atom. The van der Waals surface area contributed by atoms with Crippen molar-refractivity contribution in [3.8, 4) is 0 Å². The number of hydrogen-bond donors (Lipinski definition) is 1. The maximum absolute atomic E-state index is 13.0. The summed E-state index contributed by atoms with van der Waals surface area (Å²) in [7, 11) is 0. The molecule has 0 fully saturated rings. The summed E-state index contributed by atoms with van der Waals surface area (Å²) < 4.78 is 39.1. The van der Waals surface area contributed by atoms with Crippen LogP contribution in [0.1, 0.15) is 61.9 Å². The lowest BCUT2D eigenvalue weighted by atomic mass is 10.0. The second kappa shape index (κ2) is 8.42. The minimum Gasteiger partial charge on any atom is -0.349 e. The molecule has 0 aromatic heterocycles. The van der Waals surface area contributed by atoms with Crippen LogP contribution >= 0.6 is 11.6 Å². The van der Waals surface area contributed by atoms with E-state index < -0.39 is 23.2 Å². The average Bonchev–Trinajstić information content (AvgIpc) is 2.43. The number of amides is 1.